The predicted molar refractivity (Wildman–Crippen MR) is 62.7 cm³/mol. The third-order valence-corrected chi connectivity index (χ3v) is 2.82. The molecule has 2 rings (SSSR count). The number of nitrogens with zero attached hydrogens (tertiary/aromatic N) is 2. The number of hydrogen-bond acceptors (Lipinski definition) is 5. The summed E-state index contributed by atoms with van der Waals surface area (Å²) >= 11 is 0. The van der Waals surface area contributed by atoms with Gasteiger partial charge in [0, 0.05) is 13.6 Å². The van der Waals surface area contributed by atoms with Gasteiger partial charge in [0.05, 0.1) is 25.1 Å². The number of anilines is 1. The zero-order chi connectivity index (χ0) is 13.1. The summed E-state index contributed by atoms with van der Waals surface area (Å²) in [5.74, 6) is -0.608. The van der Waals surface area contributed by atoms with Gasteiger partial charge in [-0.05, 0) is 0 Å². The van der Waals surface area contributed by atoms with Crippen molar-refractivity contribution in [2.24, 2.45) is 0 Å². The van der Waals surface area contributed by atoms with Crippen molar-refractivity contribution in [1.82, 2.24) is 20.4 Å². The van der Waals surface area contributed by atoms with Gasteiger partial charge in [-0.15, -0.1) is 0 Å². The lowest BCUT2D eigenvalue weighted by molar-refractivity contribution is -0.130. The van der Waals surface area contributed by atoms with Gasteiger partial charge in [-0.1, -0.05) is 0 Å². The van der Waals surface area contributed by atoms with Crippen LogP contribution in [-0.2, 0) is 9.53 Å². The van der Waals surface area contributed by atoms with Crippen LogP contribution in [0.2, 0.25) is 0 Å². The number of nitrogen functional groups attached to an aromatic ring is 1. The molecule has 1 saturated heterocycles. The Morgan fingerprint density at radius 3 is 3.06 bits per heavy atom. The molecule has 2 heterocycles. The van der Waals surface area contributed by atoms with Crippen LogP contribution < -0.4 is 11.1 Å². The van der Waals surface area contributed by atoms with E-state index in [1.54, 1.807) is 0 Å². The summed E-state index contributed by atoms with van der Waals surface area (Å²) in [5, 5.41) is 8.75. The van der Waals surface area contributed by atoms with Crippen LogP contribution in [0.3, 0.4) is 0 Å². The van der Waals surface area contributed by atoms with Crippen molar-refractivity contribution in [2.75, 3.05) is 32.5 Å². The predicted octanol–water partition coefficient (Wildman–Crippen LogP) is -1.42. The lowest BCUT2D eigenvalue weighted by Gasteiger charge is -2.33. The molecule has 0 spiro atoms. The molecule has 1 fully saturated rings. The highest BCUT2D eigenvalue weighted by Crippen LogP contribution is 2.15. The summed E-state index contributed by atoms with van der Waals surface area (Å²) in [5.41, 5.74) is 6.09. The zero-order valence-corrected chi connectivity index (χ0v) is 9.97. The Balaban J connectivity index is 2.21. The fourth-order valence-electron chi connectivity index (χ4n) is 1.84. The first-order valence-electron chi connectivity index (χ1n) is 5.54. The number of likely N-dealkylation sites (N-methyl/N-ethyl adjacent to an activating group) is 1. The van der Waals surface area contributed by atoms with E-state index in [4.69, 9.17) is 10.5 Å². The summed E-state index contributed by atoms with van der Waals surface area (Å²) in [6, 6.07) is -0.640. The second-order valence-electron chi connectivity index (χ2n) is 3.90. The zero-order valence-electron chi connectivity index (χ0n) is 9.97. The van der Waals surface area contributed by atoms with Crippen molar-refractivity contribution in [3.63, 3.8) is 0 Å². The van der Waals surface area contributed by atoms with Crippen LogP contribution in [0.25, 0.3) is 0 Å². The fourth-order valence-corrected chi connectivity index (χ4v) is 1.84. The number of amides is 2. The Labute approximate surface area is 103 Å². The van der Waals surface area contributed by atoms with Gasteiger partial charge in [0.15, 0.2) is 0 Å². The Bertz CT molecular complexity index is 458. The van der Waals surface area contributed by atoms with Gasteiger partial charge in [-0.25, -0.2) is 0 Å². The third-order valence-electron chi connectivity index (χ3n) is 2.82. The molecule has 18 heavy (non-hydrogen) atoms. The van der Waals surface area contributed by atoms with Crippen LogP contribution >= 0.6 is 0 Å². The highest BCUT2D eigenvalue weighted by molar-refractivity contribution is 5.99. The van der Waals surface area contributed by atoms with E-state index >= 15 is 0 Å². The van der Waals surface area contributed by atoms with Crippen molar-refractivity contribution in [2.45, 2.75) is 6.04 Å². The molecule has 8 nitrogen and oxygen atoms in total. The monoisotopic (exact) mass is 253 g/mol. The number of carbonyl (C=O) groups is 2. The summed E-state index contributed by atoms with van der Waals surface area (Å²) < 4.78 is 5.22. The van der Waals surface area contributed by atoms with E-state index in [0.29, 0.717) is 13.2 Å². The normalized spacial score (nSPS) is 19.6. The van der Waals surface area contributed by atoms with Gasteiger partial charge < -0.3 is 20.7 Å². The molecule has 98 valence electrons. The van der Waals surface area contributed by atoms with Gasteiger partial charge in [-0.2, -0.15) is 5.10 Å². The highest BCUT2D eigenvalue weighted by atomic mass is 16.5. The van der Waals surface area contributed by atoms with Crippen molar-refractivity contribution in [3.8, 4) is 0 Å². The average molecular weight is 253 g/mol. The summed E-state index contributed by atoms with van der Waals surface area (Å²) in [6.45, 7) is 0.919. The number of nitrogens with two attached hydrogens (primary N) is 1. The van der Waals surface area contributed by atoms with Gasteiger partial charge in [-0.3, -0.25) is 14.7 Å². The molecule has 2 amide bonds. The summed E-state index contributed by atoms with van der Waals surface area (Å²) in [6.07, 6.45) is 1.36. The van der Waals surface area contributed by atoms with Crippen LogP contribution in [0, 0.1) is 0 Å². The van der Waals surface area contributed by atoms with Crippen LogP contribution in [0.5, 0.6) is 0 Å². The number of morpholine rings is 1. The van der Waals surface area contributed by atoms with Gasteiger partial charge in [0.1, 0.15) is 11.7 Å². The smallest absolute Gasteiger partial charge is 0.274 e. The lowest BCUT2D eigenvalue weighted by atomic mass is 10.2. The fraction of sp³-hybridized carbons (Fsp3) is 0.500. The Morgan fingerprint density at radius 1 is 1.67 bits per heavy atom. The second-order valence-corrected chi connectivity index (χ2v) is 3.90. The van der Waals surface area contributed by atoms with E-state index in [-0.39, 0.29) is 29.8 Å². The number of ether oxygens (including phenoxy) is 1. The maximum Gasteiger partial charge on any atom is 0.274 e. The Morgan fingerprint density at radius 2 is 2.44 bits per heavy atom. The third kappa shape index (κ3) is 2.14. The quantitative estimate of drug-likeness (QED) is 0.598. The molecule has 4 N–H and O–H groups in total. The van der Waals surface area contributed by atoms with Gasteiger partial charge >= 0.3 is 0 Å². The van der Waals surface area contributed by atoms with E-state index in [1.165, 1.54) is 18.1 Å². The first-order chi connectivity index (χ1) is 8.65. The molecule has 1 unspecified atom stereocenters. The lowest BCUT2D eigenvalue weighted by Crippen LogP contribution is -2.55. The van der Waals surface area contributed by atoms with Gasteiger partial charge in [0.25, 0.3) is 5.91 Å². The molecule has 1 aromatic heterocycles. The molecule has 1 aliphatic rings. The van der Waals surface area contributed by atoms with E-state index < -0.39 is 6.04 Å². The first kappa shape index (κ1) is 12.4. The van der Waals surface area contributed by atoms with Crippen LogP contribution in [0.15, 0.2) is 6.20 Å². The topological polar surface area (TPSA) is 113 Å². The first-order valence-corrected chi connectivity index (χ1v) is 5.54. The van der Waals surface area contributed by atoms with Gasteiger partial charge in [0.2, 0.25) is 5.91 Å². The van der Waals surface area contributed by atoms with Crippen molar-refractivity contribution < 1.29 is 14.3 Å². The van der Waals surface area contributed by atoms with Crippen molar-refractivity contribution in [3.05, 3.63) is 11.9 Å². The molecular weight excluding hydrogens is 238 g/mol. The highest BCUT2D eigenvalue weighted by Gasteiger charge is 2.34. The maximum atomic E-state index is 12.3. The molecule has 1 atom stereocenters. The van der Waals surface area contributed by atoms with Crippen LogP contribution in [-0.4, -0.2) is 59.8 Å². The Hall–Kier alpha value is -2.09. The number of H-pyrrole nitrogens is 1. The molecule has 1 aromatic rings. The molecule has 0 aliphatic carbocycles. The second kappa shape index (κ2) is 5.05. The summed E-state index contributed by atoms with van der Waals surface area (Å²) in [4.78, 5) is 25.4. The van der Waals surface area contributed by atoms with E-state index in [2.05, 4.69) is 15.5 Å². The minimum atomic E-state index is -0.640. The number of hydrogen-bond donors (Lipinski definition) is 3. The van der Waals surface area contributed by atoms with E-state index in [1.807, 2.05) is 0 Å². The summed E-state index contributed by atoms with van der Waals surface area (Å²) in [7, 11) is 1.52. The molecule has 0 saturated carbocycles. The number of rotatable bonds is 2. The van der Waals surface area contributed by atoms with E-state index in [0.717, 1.165) is 0 Å². The molecule has 0 aromatic carbocycles. The number of aromatic amines is 1. The number of aromatic nitrogens is 2. The Kier molecular flexibility index (Phi) is 3.47. The maximum absolute atomic E-state index is 12.3. The van der Waals surface area contributed by atoms with Crippen molar-refractivity contribution >= 4 is 17.5 Å². The van der Waals surface area contributed by atoms with Crippen molar-refractivity contribution in [1.29, 1.82) is 0 Å². The van der Waals surface area contributed by atoms with Crippen LogP contribution in [0.4, 0.5) is 5.69 Å². The van der Waals surface area contributed by atoms with E-state index in [9.17, 15) is 9.59 Å². The number of carbonyl (C=O) groups excluding carboxylic acids is 2. The molecule has 8 heteroatoms. The number of nitrogens with one attached hydrogen (secondary N) is 2. The largest absolute Gasteiger partial charge is 0.396 e. The molecule has 0 radical (unpaired) electrons. The molecule has 1 aliphatic heterocycles. The molecule has 0 bridgehead atoms. The minimum absolute atomic E-state index is 0.180. The van der Waals surface area contributed by atoms with Crippen LogP contribution in [0.1, 0.15) is 10.5 Å². The standard InChI is InChI=1S/C10H15N5O3/c1-12-9(16)7-5-18-3-2-15(7)10(17)8-6(11)4-13-14-8/h4,7H,2-3,5,11H2,1H3,(H,12,16)(H,13,14). The minimum Gasteiger partial charge on any atom is -0.396 e. The average Bonchev–Trinajstić information content (AvgIpc) is 2.83. The molecular formula is C10H15N5O3. The SMILES string of the molecule is CNC(=O)C1COCCN1C(=O)c1[nH]ncc1N.